The second-order valence-corrected chi connectivity index (χ2v) is 15.8. The largest absolute Gasteiger partial charge is 0.495 e. The van der Waals surface area contributed by atoms with Crippen molar-refractivity contribution in [3.63, 3.8) is 0 Å². The number of hydrogen-bond acceptors (Lipinski definition) is 6. The van der Waals surface area contributed by atoms with Gasteiger partial charge in [-0.3, -0.25) is 0 Å². The standard InChI is InChI=1S/C24H37ClN4O2Si/c1-23(2,3)32(7,8)31-15(12-25)13-27-20-17-11-24(4,5)19-21(28-14-29-22(19)26)16(17)9-10-18(20)30-6/h9-10,14-15,27H,11-13H2,1-8H3,(H2,26,28,29). The normalized spacial score (nSPS) is 16.2. The summed E-state index contributed by atoms with van der Waals surface area (Å²) in [5.41, 5.74) is 11.1. The fourth-order valence-corrected chi connectivity index (χ4v) is 5.77. The van der Waals surface area contributed by atoms with Crippen molar-refractivity contribution < 1.29 is 9.16 Å². The highest BCUT2D eigenvalue weighted by atomic mass is 35.5. The minimum Gasteiger partial charge on any atom is -0.495 e. The summed E-state index contributed by atoms with van der Waals surface area (Å²) >= 11 is 6.33. The number of nitrogens with one attached hydrogen (secondary N) is 1. The Kier molecular flexibility index (Phi) is 6.85. The molecule has 1 atom stereocenters. The van der Waals surface area contributed by atoms with Crippen molar-refractivity contribution >= 4 is 31.4 Å². The summed E-state index contributed by atoms with van der Waals surface area (Å²) in [4.78, 5) is 8.84. The SMILES string of the molecule is COc1ccc2c(c1NCC(CCl)O[Si](C)(C)C(C)(C)C)CC(C)(C)c1c(N)ncnc1-2. The van der Waals surface area contributed by atoms with Gasteiger partial charge in [0.2, 0.25) is 0 Å². The van der Waals surface area contributed by atoms with E-state index in [0.29, 0.717) is 18.2 Å². The highest BCUT2D eigenvalue weighted by molar-refractivity contribution is 6.74. The van der Waals surface area contributed by atoms with Gasteiger partial charge in [-0.05, 0) is 47.7 Å². The number of halogens is 1. The zero-order valence-corrected chi connectivity index (χ0v) is 22.4. The number of alkyl halides is 1. The van der Waals surface area contributed by atoms with E-state index < -0.39 is 8.32 Å². The number of methoxy groups -OCH3 is 1. The number of aromatic nitrogens is 2. The molecule has 0 saturated carbocycles. The molecule has 0 amide bonds. The summed E-state index contributed by atoms with van der Waals surface area (Å²) < 4.78 is 12.3. The molecule has 1 aromatic heterocycles. The molecule has 1 aliphatic carbocycles. The van der Waals surface area contributed by atoms with Crippen molar-refractivity contribution in [1.82, 2.24) is 9.97 Å². The average molecular weight is 477 g/mol. The van der Waals surface area contributed by atoms with Gasteiger partial charge in [-0.2, -0.15) is 0 Å². The van der Waals surface area contributed by atoms with Gasteiger partial charge in [-0.25, -0.2) is 9.97 Å². The Balaban J connectivity index is 1.98. The Morgan fingerprint density at radius 3 is 2.53 bits per heavy atom. The molecular formula is C24H37ClN4O2Si. The van der Waals surface area contributed by atoms with Crippen LogP contribution in [-0.4, -0.2) is 43.9 Å². The molecule has 0 aliphatic heterocycles. The van der Waals surface area contributed by atoms with Crippen molar-refractivity contribution in [3.05, 3.63) is 29.6 Å². The first-order valence-electron chi connectivity index (χ1n) is 11.1. The molecule has 3 N–H and O–H groups in total. The van der Waals surface area contributed by atoms with Crippen LogP contribution in [0, 0.1) is 0 Å². The smallest absolute Gasteiger partial charge is 0.192 e. The van der Waals surface area contributed by atoms with Gasteiger partial charge in [0.15, 0.2) is 8.32 Å². The highest BCUT2D eigenvalue weighted by Gasteiger charge is 2.39. The number of ether oxygens (including phenoxy) is 1. The van der Waals surface area contributed by atoms with Gasteiger partial charge in [0, 0.05) is 23.6 Å². The van der Waals surface area contributed by atoms with Crippen LogP contribution >= 0.6 is 11.6 Å². The summed E-state index contributed by atoms with van der Waals surface area (Å²) in [6.07, 6.45) is 2.23. The average Bonchev–Trinajstić information content (AvgIpc) is 2.69. The Morgan fingerprint density at radius 2 is 1.94 bits per heavy atom. The van der Waals surface area contributed by atoms with Crippen LogP contribution in [0.5, 0.6) is 5.75 Å². The van der Waals surface area contributed by atoms with Crippen molar-refractivity contribution in [2.24, 2.45) is 0 Å². The van der Waals surface area contributed by atoms with Gasteiger partial charge in [0.1, 0.15) is 17.9 Å². The lowest BCUT2D eigenvalue weighted by atomic mass is 9.71. The Morgan fingerprint density at radius 1 is 1.25 bits per heavy atom. The van der Waals surface area contributed by atoms with E-state index in [1.165, 1.54) is 11.9 Å². The third-order valence-electron chi connectivity index (χ3n) is 6.87. The summed E-state index contributed by atoms with van der Waals surface area (Å²) in [7, 11) is -0.246. The lowest BCUT2D eigenvalue weighted by Crippen LogP contribution is -2.46. The third-order valence-corrected chi connectivity index (χ3v) is 11.7. The lowest BCUT2D eigenvalue weighted by Gasteiger charge is -2.39. The first-order chi connectivity index (χ1) is 14.8. The predicted molar refractivity (Wildman–Crippen MR) is 136 cm³/mol. The molecule has 32 heavy (non-hydrogen) atoms. The number of rotatable bonds is 7. The number of nitrogens with zero attached hydrogens (tertiary/aromatic N) is 2. The van der Waals surface area contributed by atoms with Gasteiger partial charge < -0.3 is 20.2 Å². The van der Waals surface area contributed by atoms with Gasteiger partial charge in [-0.15, -0.1) is 11.6 Å². The quantitative estimate of drug-likeness (QED) is 0.399. The topological polar surface area (TPSA) is 82.3 Å². The molecule has 6 nitrogen and oxygen atoms in total. The van der Waals surface area contributed by atoms with Crippen LogP contribution in [0.15, 0.2) is 18.5 Å². The summed E-state index contributed by atoms with van der Waals surface area (Å²) in [5, 5.41) is 3.73. The van der Waals surface area contributed by atoms with E-state index >= 15 is 0 Å². The van der Waals surface area contributed by atoms with Crippen LogP contribution < -0.4 is 15.8 Å². The third kappa shape index (κ3) is 4.61. The molecule has 0 radical (unpaired) electrons. The van der Waals surface area contributed by atoms with E-state index in [1.54, 1.807) is 7.11 Å². The van der Waals surface area contributed by atoms with Crippen LogP contribution in [0.2, 0.25) is 18.1 Å². The Labute approximate surface area is 198 Å². The minimum absolute atomic E-state index is 0.0972. The fourth-order valence-electron chi connectivity index (χ4n) is 4.13. The van der Waals surface area contributed by atoms with Gasteiger partial charge in [-0.1, -0.05) is 34.6 Å². The summed E-state index contributed by atoms with van der Waals surface area (Å²) in [6, 6.07) is 4.04. The maximum Gasteiger partial charge on any atom is 0.192 e. The van der Waals surface area contributed by atoms with Crippen LogP contribution in [0.25, 0.3) is 11.3 Å². The molecule has 3 rings (SSSR count). The van der Waals surface area contributed by atoms with E-state index in [9.17, 15) is 0 Å². The zero-order chi connectivity index (χ0) is 23.9. The Hall–Kier alpha value is -1.83. The molecule has 1 aliphatic rings. The molecular weight excluding hydrogens is 440 g/mol. The van der Waals surface area contributed by atoms with Gasteiger partial charge in [0.25, 0.3) is 0 Å². The molecule has 0 bridgehead atoms. The zero-order valence-electron chi connectivity index (χ0n) is 20.6. The molecule has 1 aromatic carbocycles. The number of nitrogens with two attached hydrogens (primary N) is 1. The second-order valence-electron chi connectivity index (χ2n) is 10.7. The number of benzene rings is 1. The van der Waals surface area contributed by atoms with Crippen LogP contribution in [-0.2, 0) is 16.3 Å². The van der Waals surface area contributed by atoms with Crippen LogP contribution in [0.3, 0.4) is 0 Å². The molecule has 0 saturated heterocycles. The number of nitrogen functional groups attached to an aromatic ring is 1. The molecule has 176 valence electrons. The molecule has 1 unspecified atom stereocenters. The highest BCUT2D eigenvalue weighted by Crippen LogP contribution is 2.48. The maximum absolute atomic E-state index is 6.57. The molecule has 0 spiro atoms. The van der Waals surface area contributed by atoms with Gasteiger partial charge in [0.05, 0.1) is 24.6 Å². The van der Waals surface area contributed by atoms with E-state index in [0.717, 1.165) is 34.7 Å². The van der Waals surface area contributed by atoms with E-state index in [1.807, 2.05) is 6.07 Å². The monoisotopic (exact) mass is 476 g/mol. The minimum atomic E-state index is -1.94. The molecule has 2 aromatic rings. The molecule has 8 heteroatoms. The fraction of sp³-hybridized carbons (Fsp3) is 0.583. The van der Waals surface area contributed by atoms with E-state index in [-0.39, 0.29) is 16.6 Å². The number of hydrogen-bond donors (Lipinski definition) is 2. The van der Waals surface area contributed by atoms with E-state index in [4.69, 9.17) is 26.5 Å². The van der Waals surface area contributed by atoms with E-state index in [2.05, 4.69) is 69.1 Å². The second kappa shape index (κ2) is 8.84. The first-order valence-corrected chi connectivity index (χ1v) is 14.6. The molecule has 0 fully saturated rings. The van der Waals surface area contributed by atoms with Crippen molar-refractivity contribution in [3.8, 4) is 17.0 Å². The van der Waals surface area contributed by atoms with Crippen LogP contribution in [0.4, 0.5) is 11.5 Å². The maximum atomic E-state index is 6.57. The molecule has 1 heterocycles. The Bertz CT molecular complexity index is 989. The number of anilines is 2. The number of fused-ring (bicyclic) bond motifs is 3. The summed E-state index contributed by atoms with van der Waals surface area (Å²) in [5.74, 6) is 1.77. The van der Waals surface area contributed by atoms with Crippen LogP contribution in [0.1, 0.15) is 45.7 Å². The first kappa shape index (κ1) is 24.8. The van der Waals surface area contributed by atoms with Crippen molar-refractivity contribution in [1.29, 1.82) is 0 Å². The summed E-state index contributed by atoms with van der Waals surface area (Å²) in [6.45, 7) is 16.2. The lowest BCUT2D eigenvalue weighted by molar-refractivity contribution is 0.214. The van der Waals surface area contributed by atoms with Crippen molar-refractivity contribution in [2.75, 3.05) is 30.6 Å². The predicted octanol–water partition coefficient (Wildman–Crippen LogP) is 5.61. The van der Waals surface area contributed by atoms with Crippen molar-refractivity contribution in [2.45, 2.75) is 70.7 Å². The van der Waals surface area contributed by atoms with Gasteiger partial charge >= 0.3 is 0 Å².